The smallest absolute Gasteiger partial charge is 0.278 e. The molecule has 7 nitrogen and oxygen atoms in total. The lowest BCUT2D eigenvalue weighted by Crippen LogP contribution is -2.28. The molecule has 90 valence electrons. The first-order chi connectivity index (χ1) is 7.93. The first-order valence-corrected chi connectivity index (χ1v) is 4.99. The quantitative estimate of drug-likeness (QED) is 0.629. The molecule has 0 spiro atoms. The third-order valence-electron chi connectivity index (χ3n) is 2.43. The Labute approximate surface area is 96.6 Å². The van der Waals surface area contributed by atoms with Crippen LogP contribution in [0.4, 0.5) is 5.95 Å². The maximum absolute atomic E-state index is 11.7. The topological polar surface area (TPSA) is 110 Å². The third kappa shape index (κ3) is 2.04. The highest BCUT2D eigenvalue weighted by Gasteiger charge is 2.19. The molecule has 0 saturated carbocycles. The number of hydrogen-bond donors (Lipinski definition) is 3. The Hall–Kier alpha value is -2.15. The molecular weight excluding hydrogens is 222 g/mol. The number of rotatable bonds is 3. The van der Waals surface area contributed by atoms with E-state index in [9.17, 15) is 9.90 Å². The normalized spacial score (nSPS) is 14.7. The van der Waals surface area contributed by atoms with E-state index in [-0.39, 0.29) is 29.2 Å². The Kier molecular flexibility index (Phi) is 2.47. The van der Waals surface area contributed by atoms with Gasteiger partial charge in [0.15, 0.2) is 11.2 Å². The second-order valence-corrected chi connectivity index (χ2v) is 4.06. The average molecular weight is 235 g/mol. The summed E-state index contributed by atoms with van der Waals surface area (Å²) in [4.78, 5) is 22.0. The highest BCUT2D eigenvalue weighted by atomic mass is 16.3. The van der Waals surface area contributed by atoms with E-state index in [1.807, 2.05) is 0 Å². The average Bonchev–Trinajstić information content (AvgIpc) is 2.60. The number of nitrogen functional groups attached to an aromatic ring is 1. The Morgan fingerprint density at radius 3 is 3.12 bits per heavy atom. The molecule has 1 atom stereocenters. The lowest BCUT2D eigenvalue weighted by Gasteiger charge is -2.18. The van der Waals surface area contributed by atoms with Crippen molar-refractivity contribution in [2.75, 3.05) is 5.73 Å². The van der Waals surface area contributed by atoms with Crippen LogP contribution in [0.2, 0.25) is 0 Å². The van der Waals surface area contributed by atoms with Gasteiger partial charge in [0.1, 0.15) is 0 Å². The summed E-state index contributed by atoms with van der Waals surface area (Å²) in [6.07, 6.45) is 2.84. The molecule has 0 aliphatic carbocycles. The zero-order valence-electron chi connectivity index (χ0n) is 9.34. The van der Waals surface area contributed by atoms with E-state index >= 15 is 0 Å². The molecule has 0 amide bonds. The number of anilines is 1. The van der Waals surface area contributed by atoms with Crippen LogP contribution in [0.1, 0.15) is 6.92 Å². The maximum atomic E-state index is 11.7. The summed E-state index contributed by atoms with van der Waals surface area (Å²) in [6.45, 7) is 5.28. The summed E-state index contributed by atoms with van der Waals surface area (Å²) in [5, 5.41) is 9.88. The van der Waals surface area contributed by atoms with Gasteiger partial charge in [0, 0.05) is 0 Å². The molecule has 7 heteroatoms. The molecule has 0 bridgehead atoms. The summed E-state index contributed by atoms with van der Waals surface area (Å²) < 4.78 is 1.52. The van der Waals surface area contributed by atoms with Crippen LogP contribution in [0.5, 0.6) is 0 Å². The van der Waals surface area contributed by atoms with Crippen LogP contribution in [-0.4, -0.2) is 30.2 Å². The van der Waals surface area contributed by atoms with E-state index in [1.54, 1.807) is 6.92 Å². The number of aromatic amines is 1. The molecule has 0 aromatic carbocycles. The summed E-state index contributed by atoms with van der Waals surface area (Å²) in [5.41, 5.74) is 4.43. The van der Waals surface area contributed by atoms with Gasteiger partial charge < -0.3 is 15.4 Å². The SMILES string of the molecule is C=CC(C)(O)Cn1cnc2nc(N)[nH]c(=O)c21. The Balaban J connectivity index is 2.57. The summed E-state index contributed by atoms with van der Waals surface area (Å²) in [5.74, 6) is 0.0169. The number of nitrogens with one attached hydrogen (secondary N) is 1. The van der Waals surface area contributed by atoms with Crippen molar-refractivity contribution in [2.45, 2.75) is 19.1 Å². The van der Waals surface area contributed by atoms with Crippen molar-refractivity contribution in [3.05, 3.63) is 29.3 Å². The van der Waals surface area contributed by atoms with Crippen LogP contribution >= 0.6 is 0 Å². The second-order valence-electron chi connectivity index (χ2n) is 4.06. The van der Waals surface area contributed by atoms with Crippen molar-refractivity contribution in [3.63, 3.8) is 0 Å². The van der Waals surface area contributed by atoms with E-state index in [4.69, 9.17) is 5.73 Å². The van der Waals surface area contributed by atoms with E-state index in [0.29, 0.717) is 0 Å². The fourth-order valence-corrected chi connectivity index (χ4v) is 1.53. The monoisotopic (exact) mass is 235 g/mol. The van der Waals surface area contributed by atoms with E-state index in [0.717, 1.165) is 0 Å². The van der Waals surface area contributed by atoms with E-state index in [2.05, 4.69) is 21.5 Å². The van der Waals surface area contributed by atoms with Gasteiger partial charge in [-0.2, -0.15) is 4.98 Å². The molecule has 2 heterocycles. The fourth-order valence-electron chi connectivity index (χ4n) is 1.53. The molecule has 2 rings (SSSR count). The number of fused-ring (bicyclic) bond motifs is 1. The van der Waals surface area contributed by atoms with Gasteiger partial charge in [0.05, 0.1) is 18.5 Å². The first kappa shape index (κ1) is 11.3. The zero-order chi connectivity index (χ0) is 12.6. The van der Waals surface area contributed by atoms with Gasteiger partial charge in [-0.1, -0.05) is 6.08 Å². The highest BCUT2D eigenvalue weighted by molar-refractivity contribution is 5.70. The lowest BCUT2D eigenvalue weighted by molar-refractivity contribution is 0.0933. The van der Waals surface area contributed by atoms with Gasteiger partial charge in [-0.05, 0) is 6.92 Å². The molecule has 2 aromatic heterocycles. The van der Waals surface area contributed by atoms with Crippen molar-refractivity contribution >= 4 is 17.1 Å². The van der Waals surface area contributed by atoms with E-state index in [1.165, 1.54) is 17.0 Å². The minimum Gasteiger partial charge on any atom is -0.384 e. The van der Waals surface area contributed by atoms with E-state index < -0.39 is 5.60 Å². The molecule has 17 heavy (non-hydrogen) atoms. The van der Waals surface area contributed by atoms with Gasteiger partial charge >= 0.3 is 0 Å². The minimum atomic E-state index is -1.12. The van der Waals surface area contributed by atoms with Gasteiger partial charge in [0.25, 0.3) is 5.56 Å². The Morgan fingerprint density at radius 1 is 1.76 bits per heavy atom. The lowest BCUT2D eigenvalue weighted by atomic mass is 10.1. The van der Waals surface area contributed by atoms with Gasteiger partial charge in [-0.3, -0.25) is 9.78 Å². The number of imidazole rings is 1. The second kappa shape index (κ2) is 3.70. The van der Waals surface area contributed by atoms with Crippen LogP contribution in [0.25, 0.3) is 11.2 Å². The van der Waals surface area contributed by atoms with Gasteiger partial charge in [-0.15, -0.1) is 6.58 Å². The van der Waals surface area contributed by atoms with Crippen LogP contribution in [0.15, 0.2) is 23.8 Å². The number of nitrogens with zero attached hydrogens (tertiary/aromatic N) is 3. The van der Waals surface area contributed by atoms with Crippen molar-refractivity contribution < 1.29 is 5.11 Å². The highest BCUT2D eigenvalue weighted by Crippen LogP contribution is 2.12. The predicted molar refractivity (Wildman–Crippen MR) is 63.4 cm³/mol. The van der Waals surface area contributed by atoms with Crippen molar-refractivity contribution in [3.8, 4) is 0 Å². The maximum Gasteiger partial charge on any atom is 0.278 e. The summed E-state index contributed by atoms with van der Waals surface area (Å²) in [6, 6.07) is 0. The molecule has 0 aliphatic heterocycles. The van der Waals surface area contributed by atoms with Gasteiger partial charge in [-0.25, -0.2) is 4.98 Å². The first-order valence-electron chi connectivity index (χ1n) is 4.99. The summed E-state index contributed by atoms with van der Waals surface area (Å²) >= 11 is 0. The van der Waals surface area contributed by atoms with Crippen molar-refractivity contribution in [2.24, 2.45) is 0 Å². The predicted octanol–water partition coefficient (Wildman–Crippen LogP) is -0.361. The number of nitrogens with two attached hydrogens (primary N) is 1. The molecule has 1 unspecified atom stereocenters. The Bertz CT molecular complexity index is 625. The molecular formula is C10H13N5O2. The molecule has 4 N–H and O–H groups in total. The molecule has 0 radical (unpaired) electrons. The number of aliphatic hydroxyl groups is 1. The zero-order valence-corrected chi connectivity index (χ0v) is 9.34. The van der Waals surface area contributed by atoms with Crippen molar-refractivity contribution in [1.29, 1.82) is 0 Å². The fraction of sp³-hybridized carbons (Fsp3) is 0.300. The van der Waals surface area contributed by atoms with Crippen LogP contribution < -0.4 is 11.3 Å². The van der Waals surface area contributed by atoms with Gasteiger partial charge in [0.2, 0.25) is 5.95 Å². The van der Waals surface area contributed by atoms with Crippen LogP contribution in [0.3, 0.4) is 0 Å². The van der Waals surface area contributed by atoms with Crippen LogP contribution in [0, 0.1) is 0 Å². The molecule has 0 fully saturated rings. The molecule has 0 aliphatic rings. The van der Waals surface area contributed by atoms with Crippen molar-refractivity contribution in [1.82, 2.24) is 19.5 Å². The minimum absolute atomic E-state index is 0.0169. The molecule has 0 saturated heterocycles. The Morgan fingerprint density at radius 2 is 2.47 bits per heavy atom. The summed E-state index contributed by atoms with van der Waals surface area (Å²) in [7, 11) is 0. The largest absolute Gasteiger partial charge is 0.384 e. The standard InChI is InChI=1S/C10H13N5O2/c1-3-10(2,17)4-15-5-12-7-6(15)8(16)14-9(11)13-7/h3,5,17H,1,4H2,2H3,(H3,11,13,14,16). The number of H-pyrrole nitrogens is 1. The van der Waals surface area contributed by atoms with Crippen LogP contribution in [-0.2, 0) is 6.54 Å². The molecule has 2 aromatic rings. The number of hydrogen-bond acceptors (Lipinski definition) is 5. The third-order valence-corrected chi connectivity index (χ3v) is 2.43. The number of aromatic nitrogens is 4.